The van der Waals surface area contributed by atoms with Crippen LogP contribution in [0, 0.1) is 5.92 Å². The highest BCUT2D eigenvalue weighted by Gasteiger charge is 2.26. The number of benzene rings is 1. The van der Waals surface area contributed by atoms with Gasteiger partial charge in [-0.15, -0.1) is 5.10 Å². The molecule has 0 saturated carbocycles. The van der Waals surface area contributed by atoms with Gasteiger partial charge in [-0.05, 0) is 30.9 Å². The normalized spacial score (nSPS) is 18.7. The molecule has 0 spiro atoms. The van der Waals surface area contributed by atoms with Gasteiger partial charge in [-0.1, -0.05) is 18.2 Å². The molecule has 1 amide bonds. The summed E-state index contributed by atoms with van der Waals surface area (Å²) in [6.07, 6.45) is 3.43. The Balaban J connectivity index is 1.75. The smallest absolute Gasteiger partial charge is 0.293 e. The molecule has 0 radical (unpaired) electrons. The summed E-state index contributed by atoms with van der Waals surface area (Å²) in [4.78, 5) is 18.3. The first-order chi connectivity index (χ1) is 10.3. The lowest BCUT2D eigenvalue weighted by molar-refractivity contribution is 0.0609. The van der Waals surface area contributed by atoms with Gasteiger partial charge in [0.2, 0.25) is 5.82 Å². The summed E-state index contributed by atoms with van der Waals surface area (Å²) in [5.41, 5.74) is 0.871. The number of nitrogens with zero attached hydrogens (tertiary/aromatic N) is 4. The predicted molar refractivity (Wildman–Crippen MR) is 77.1 cm³/mol. The van der Waals surface area contributed by atoms with E-state index in [1.165, 1.54) is 0 Å². The minimum Gasteiger partial charge on any atom is -0.396 e. The lowest BCUT2D eigenvalue weighted by Crippen LogP contribution is -2.41. The first kappa shape index (κ1) is 13.8. The van der Waals surface area contributed by atoms with E-state index in [0.717, 1.165) is 18.5 Å². The van der Waals surface area contributed by atoms with Crippen molar-refractivity contribution in [3.63, 3.8) is 0 Å². The third-order valence-electron chi connectivity index (χ3n) is 3.77. The van der Waals surface area contributed by atoms with Gasteiger partial charge in [0.1, 0.15) is 6.33 Å². The Morgan fingerprint density at radius 2 is 2.14 bits per heavy atom. The van der Waals surface area contributed by atoms with E-state index >= 15 is 0 Å². The summed E-state index contributed by atoms with van der Waals surface area (Å²) in [7, 11) is 0. The molecular formula is C15H18N4O2. The number of carbonyl (C=O) groups excluding carboxylic acids is 1. The van der Waals surface area contributed by atoms with Crippen molar-refractivity contribution in [1.82, 2.24) is 19.7 Å². The van der Waals surface area contributed by atoms with E-state index in [4.69, 9.17) is 0 Å². The van der Waals surface area contributed by atoms with E-state index in [0.29, 0.717) is 13.1 Å². The second-order valence-electron chi connectivity index (χ2n) is 5.29. The molecule has 2 heterocycles. The molecule has 0 aliphatic carbocycles. The molecule has 1 atom stereocenters. The van der Waals surface area contributed by atoms with Crippen LogP contribution in [0.2, 0.25) is 0 Å². The monoisotopic (exact) mass is 286 g/mol. The maximum absolute atomic E-state index is 12.4. The number of carbonyl (C=O) groups is 1. The number of aliphatic hydroxyl groups is 1. The van der Waals surface area contributed by atoms with Crippen LogP contribution in [0.3, 0.4) is 0 Å². The molecule has 1 aromatic heterocycles. The van der Waals surface area contributed by atoms with Gasteiger partial charge in [0.25, 0.3) is 5.91 Å². The summed E-state index contributed by atoms with van der Waals surface area (Å²) in [5, 5.41) is 13.5. The molecule has 1 aliphatic heterocycles. The fourth-order valence-corrected chi connectivity index (χ4v) is 2.61. The van der Waals surface area contributed by atoms with Crippen LogP contribution in [0.25, 0.3) is 5.69 Å². The third kappa shape index (κ3) is 2.95. The second-order valence-corrected chi connectivity index (χ2v) is 5.29. The second kappa shape index (κ2) is 6.05. The lowest BCUT2D eigenvalue weighted by Gasteiger charge is -2.30. The van der Waals surface area contributed by atoms with E-state index in [1.54, 1.807) is 15.9 Å². The van der Waals surface area contributed by atoms with Gasteiger partial charge in [0.15, 0.2) is 0 Å². The maximum Gasteiger partial charge on any atom is 0.293 e. The Hall–Kier alpha value is -2.21. The summed E-state index contributed by atoms with van der Waals surface area (Å²) < 4.78 is 1.60. The highest BCUT2D eigenvalue weighted by atomic mass is 16.3. The van der Waals surface area contributed by atoms with E-state index in [-0.39, 0.29) is 24.3 Å². The Labute approximate surface area is 123 Å². The van der Waals surface area contributed by atoms with Crippen molar-refractivity contribution in [1.29, 1.82) is 0 Å². The summed E-state index contributed by atoms with van der Waals surface area (Å²) >= 11 is 0. The van der Waals surface area contributed by atoms with Gasteiger partial charge < -0.3 is 10.0 Å². The van der Waals surface area contributed by atoms with Crippen LogP contribution in [0.5, 0.6) is 0 Å². The van der Waals surface area contributed by atoms with Crippen LogP contribution in [-0.4, -0.2) is 50.4 Å². The number of aromatic nitrogens is 3. The van der Waals surface area contributed by atoms with Crippen molar-refractivity contribution in [2.45, 2.75) is 12.8 Å². The molecule has 3 rings (SSSR count). The molecule has 6 heteroatoms. The zero-order chi connectivity index (χ0) is 14.7. The number of hydrogen-bond donors (Lipinski definition) is 1. The molecule has 2 aromatic rings. The first-order valence-electron chi connectivity index (χ1n) is 7.15. The van der Waals surface area contributed by atoms with Gasteiger partial charge in [-0.2, -0.15) is 0 Å². The Morgan fingerprint density at radius 3 is 2.90 bits per heavy atom. The van der Waals surface area contributed by atoms with Crippen LogP contribution in [0.15, 0.2) is 36.7 Å². The van der Waals surface area contributed by atoms with Crippen molar-refractivity contribution < 1.29 is 9.90 Å². The summed E-state index contributed by atoms with van der Waals surface area (Å²) in [6, 6.07) is 9.57. The molecule has 1 N–H and O–H groups in total. The standard InChI is InChI=1S/C15H18N4O2/c20-10-12-5-4-8-18(9-12)15(21)14-16-11-19(17-14)13-6-2-1-3-7-13/h1-3,6-7,11-12,20H,4-5,8-10H2. The Morgan fingerprint density at radius 1 is 1.33 bits per heavy atom. The number of likely N-dealkylation sites (tertiary alicyclic amines) is 1. The molecular weight excluding hydrogens is 268 g/mol. The first-order valence-corrected chi connectivity index (χ1v) is 7.15. The predicted octanol–water partition coefficient (Wildman–Crippen LogP) is 1.11. The molecule has 1 fully saturated rings. The van der Waals surface area contributed by atoms with E-state index < -0.39 is 0 Å². The quantitative estimate of drug-likeness (QED) is 0.917. The number of hydrogen-bond acceptors (Lipinski definition) is 4. The van der Waals surface area contributed by atoms with Gasteiger partial charge >= 0.3 is 0 Å². The van der Waals surface area contributed by atoms with Crippen molar-refractivity contribution >= 4 is 5.91 Å². The number of para-hydroxylation sites is 1. The largest absolute Gasteiger partial charge is 0.396 e. The van der Waals surface area contributed by atoms with Crippen LogP contribution >= 0.6 is 0 Å². The number of rotatable bonds is 3. The van der Waals surface area contributed by atoms with E-state index in [2.05, 4.69) is 10.1 Å². The minimum absolute atomic E-state index is 0.121. The average molecular weight is 286 g/mol. The van der Waals surface area contributed by atoms with Gasteiger partial charge in [-0.25, -0.2) is 9.67 Å². The molecule has 21 heavy (non-hydrogen) atoms. The molecule has 1 unspecified atom stereocenters. The third-order valence-corrected chi connectivity index (χ3v) is 3.77. The van der Waals surface area contributed by atoms with Crippen molar-refractivity contribution in [2.75, 3.05) is 19.7 Å². The van der Waals surface area contributed by atoms with E-state index in [9.17, 15) is 9.90 Å². The fourth-order valence-electron chi connectivity index (χ4n) is 2.61. The van der Waals surface area contributed by atoms with Crippen molar-refractivity contribution in [3.05, 3.63) is 42.5 Å². The zero-order valence-corrected chi connectivity index (χ0v) is 11.7. The van der Waals surface area contributed by atoms with Crippen LogP contribution in [-0.2, 0) is 0 Å². The molecule has 0 bridgehead atoms. The van der Waals surface area contributed by atoms with Crippen molar-refractivity contribution in [3.8, 4) is 5.69 Å². The van der Waals surface area contributed by atoms with Crippen molar-refractivity contribution in [2.24, 2.45) is 5.92 Å². The molecule has 1 aromatic carbocycles. The highest BCUT2D eigenvalue weighted by molar-refractivity contribution is 5.90. The Bertz CT molecular complexity index is 611. The fraction of sp³-hybridized carbons (Fsp3) is 0.400. The molecule has 6 nitrogen and oxygen atoms in total. The van der Waals surface area contributed by atoms with Crippen LogP contribution in [0.1, 0.15) is 23.5 Å². The Kier molecular flexibility index (Phi) is 3.96. The van der Waals surface area contributed by atoms with Gasteiger partial charge in [0.05, 0.1) is 5.69 Å². The van der Waals surface area contributed by atoms with Crippen LogP contribution < -0.4 is 0 Å². The number of piperidine rings is 1. The topological polar surface area (TPSA) is 71.2 Å². The molecule has 1 aliphatic rings. The summed E-state index contributed by atoms with van der Waals surface area (Å²) in [6.45, 7) is 1.40. The lowest BCUT2D eigenvalue weighted by atomic mass is 9.99. The van der Waals surface area contributed by atoms with Gasteiger partial charge in [-0.3, -0.25) is 4.79 Å². The van der Waals surface area contributed by atoms with Gasteiger partial charge in [0, 0.05) is 19.7 Å². The SMILES string of the molecule is O=C(c1ncn(-c2ccccc2)n1)N1CCCC(CO)C1. The molecule has 1 saturated heterocycles. The number of aliphatic hydroxyl groups excluding tert-OH is 1. The zero-order valence-electron chi connectivity index (χ0n) is 11.7. The highest BCUT2D eigenvalue weighted by Crippen LogP contribution is 2.17. The summed E-state index contributed by atoms with van der Waals surface area (Å²) in [5.74, 6) is 0.208. The average Bonchev–Trinajstić information content (AvgIpc) is 3.05. The minimum atomic E-state index is -0.164. The molecule has 110 valence electrons. The maximum atomic E-state index is 12.4. The van der Waals surface area contributed by atoms with E-state index in [1.807, 2.05) is 30.3 Å². The van der Waals surface area contributed by atoms with Crippen LogP contribution in [0.4, 0.5) is 0 Å². The number of amides is 1.